The summed E-state index contributed by atoms with van der Waals surface area (Å²) in [5, 5.41) is 5.13. The topological polar surface area (TPSA) is 66.9 Å². The molecular weight excluding hydrogens is 369 g/mol. The van der Waals surface area contributed by atoms with Crippen molar-refractivity contribution in [1.29, 1.82) is 0 Å². The Morgan fingerprint density at radius 3 is 2.65 bits per heavy atom. The lowest BCUT2D eigenvalue weighted by molar-refractivity contribution is -0.136. The number of nitrogens with one attached hydrogen (secondary N) is 2. The molecule has 140 valence electrons. The van der Waals surface area contributed by atoms with E-state index in [1.807, 2.05) is 0 Å². The van der Waals surface area contributed by atoms with Gasteiger partial charge in [-0.2, -0.15) is 13.2 Å². The summed E-state index contributed by atoms with van der Waals surface area (Å²) in [6.07, 6.45) is -2.39. The Bertz CT molecular complexity index is 781. The van der Waals surface area contributed by atoms with E-state index in [0.29, 0.717) is 12.5 Å². The van der Waals surface area contributed by atoms with Crippen LogP contribution in [0.3, 0.4) is 0 Å². The molecule has 1 aromatic heterocycles. The molecule has 9 heteroatoms. The second-order valence-electron chi connectivity index (χ2n) is 6.02. The summed E-state index contributed by atoms with van der Waals surface area (Å²) in [7, 11) is 0. The van der Waals surface area contributed by atoms with Gasteiger partial charge in [0.05, 0.1) is 11.3 Å². The highest BCUT2D eigenvalue weighted by atomic mass is 35.5. The molecule has 0 saturated carbocycles. The van der Waals surface area contributed by atoms with Crippen molar-refractivity contribution in [2.24, 2.45) is 5.92 Å². The Balaban J connectivity index is 2.16. The molecule has 1 amide bonds. The zero-order chi connectivity index (χ0) is 19.3. The molecule has 0 bridgehead atoms. The number of carbonyl (C=O) groups excluding carboxylic acids is 1. The summed E-state index contributed by atoms with van der Waals surface area (Å²) in [6.45, 7) is 4.76. The zero-order valence-electron chi connectivity index (χ0n) is 14.2. The third-order valence-corrected chi connectivity index (χ3v) is 3.66. The van der Waals surface area contributed by atoms with Gasteiger partial charge in [-0.05, 0) is 36.6 Å². The fourth-order valence-electron chi connectivity index (χ4n) is 2.09. The number of hydrogen-bond acceptors (Lipinski definition) is 4. The molecule has 5 nitrogen and oxygen atoms in total. The van der Waals surface area contributed by atoms with E-state index in [4.69, 9.17) is 11.6 Å². The molecule has 0 unspecified atom stereocenters. The van der Waals surface area contributed by atoms with Crippen molar-refractivity contribution in [2.75, 3.05) is 17.2 Å². The van der Waals surface area contributed by atoms with E-state index in [0.717, 1.165) is 18.6 Å². The average molecular weight is 387 g/mol. The summed E-state index contributed by atoms with van der Waals surface area (Å²) < 4.78 is 39.3. The quantitative estimate of drug-likeness (QED) is 0.744. The second kappa shape index (κ2) is 8.35. The van der Waals surface area contributed by atoms with Gasteiger partial charge in [0.2, 0.25) is 5.95 Å². The van der Waals surface area contributed by atoms with E-state index in [2.05, 4.69) is 34.4 Å². The minimum Gasteiger partial charge on any atom is -0.354 e. The standard InChI is InChI=1S/C17H18ClF3N4O/c1-10(2)5-7-22-16-23-8-6-14(25-16)15(26)24-13-4-3-11(18)9-12(13)17(19,20)21/h3-4,6,8-10H,5,7H2,1-2H3,(H,24,26)(H,22,23,25). The monoisotopic (exact) mass is 386 g/mol. The normalized spacial score (nSPS) is 11.5. The lowest BCUT2D eigenvalue weighted by Gasteiger charge is -2.14. The number of hydrogen-bond donors (Lipinski definition) is 2. The van der Waals surface area contributed by atoms with E-state index in [1.165, 1.54) is 18.3 Å². The minimum absolute atomic E-state index is 0.0462. The van der Waals surface area contributed by atoms with Gasteiger partial charge in [-0.25, -0.2) is 9.97 Å². The van der Waals surface area contributed by atoms with Gasteiger partial charge < -0.3 is 10.6 Å². The number of anilines is 2. The summed E-state index contributed by atoms with van der Waals surface area (Å²) in [5.41, 5.74) is -1.46. The van der Waals surface area contributed by atoms with E-state index >= 15 is 0 Å². The smallest absolute Gasteiger partial charge is 0.354 e. The number of nitrogens with zero attached hydrogens (tertiary/aromatic N) is 2. The molecule has 1 heterocycles. The van der Waals surface area contributed by atoms with Gasteiger partial charge >= 0.3 is 6.18 Å². The van der Waals surface area contributed by atoms with Gasteiger partial charge in [-0.1, -0.05) is 25.4 Å². The Labute approximate surface area is 154 Å². The van der Waals surface area contributed by atoms with Gasteiger partial charge in [0.15, 0.2) is 0 Å². The summed E-state index contributed by atoms with van der Waals surface area (Å²) in [6, 6.07) is 4.46. The molecule has 26 heavy (non-hydrogen) atoms. The molecule has 2 N–H and O–H groups in total. The number of amides is 1. The first-order valence-corrected chi connectivity index (χ1v) is 8.29. The lowest BCUT2D eigenvalue weighted by Crippen LogP contribution is -2.18. The summed E-state index contributed by atoms with van der Waals surface area (Å²) >= 11 is 5.63. The van der Waals surface area contributed by atoms with Crippen molar-refractivity contribution < 1.29 is 18.0 Å². The van der Waals surface area contributed by atoms with Crippen LogP contribution in [0.25, 0.3) is 0 Å². The van der Waals surface area contributed by atoms with Crippen LogP contribution in [0.1, 0.15) is 36.3 Å². The van der Waals surface area contributed by atoms with Crippen LogP contribution in [0.4, 0.5) is 24.8 Å². The van der Waals surface area contributed by atoms with Crippen molar-refractivity contribution >= 4 is 29.1 Å². The molecule has 0 fully saturated rings. The maximum atomic E-state index is 13.1. The maximum absolute atomic E-state index is 13.1. The Kier molecular flexibility index (Phi) is 6.42. The molecule has 2 aromatic rings. The zero-order valence-corrected chi connectivity index (χ0v) is 14.9. The molecule has 0 aliphatic rings. The highest BCUT2D eigenvalue weighted by Gasteiger charge is 2.34. The molecular formula is C17H18ClF3N4O. The first-order chi connectivity index (χ1) is 12.2. The minimum atomic E-state index is -4.65. The van der Waals surface area contributed by atoms with Crippen LogP contribution in [0.5, 0.6) is 0 Å². The molecule has 0 atom stereocenters. The second-order valence-corrected chi connectivity index (χ2v) is 6.45. The largest absolute Gasteiger partial charge is 0.418 e. The number of benzene rings is 1. The van der Waals surface area contributed by atoms with Crippen molar-refractivity contribution in [3.05, 3.63) is 46.7 Å². The van der Waals surface area contributed by atoms with Crippen LogP contribution >= 0.6 is 11.6 Å². The van der Waals surface area contributed by atoms with Crippen LogP contribution in [0, 0.1) is 5.92 Å². The van der Waals surface area contributed by atoms with Crippen LogP contribution in [-0.2, 0) is 6.18 Å². The number of halogens is 4. The number of aromatic nitrogens is 2. The van der Waals surface area contributed by atoms with Crippen molar-refractivity contribution in [3.8, 4) is 0 Å². The Morgan fingerprint density at radius 2 is 2.00 bits per heavy atom. The maximum Gasteiger partial charge on any atom is 0.418 e. The molecule has 1 aromatic carbocycles. The molecule has 2 rings (SSSR count). The van der Waals surface area contributed by atoms with Gasteiger partial charge in [0, 0.05) is 17.8 Å². The molecule has 0 spiro atoms. The fourth-order valence-corrected chi connectivity index (χ4v) is 2.26. The van der Waals surface area contributed by atoms with Gasteiger partial charge in [0.1, 0.15) is 5.69 Å². The predicted molar refractivity (Wildman–Crippen MR) is 94.4 cm³/mol. The molecule has 0 aliphatic heterocycles. The van der Waals surface area contributed by atoms with Crippen LogP contribution in [0.15, 0.2) is 30.5 Å². The van der Waals surface area contributed by atoms with Crippen molar-refractivity contribution in [1.82, 2.24) is 9.97 Å². The highest BCUT2D eigenvalue weighted by molar-refractivity contribution is 6.30. The SMILES string of the molecule is CC(C)CCNc1nccc(C(=O)Nc2ccc(Cl)cc2C(F)(F)F)n1. The third kappa shape index (κ3) is 5.59. The Hall–Kier alpha value is -2.35. The average Bonchev–Trinajstić information content (AvgIpc) is 2.55. The third-order valence-electron chi connectivity index (χ3n) is 3.43. The number of alkyl halides is 3. The van der Waals surface area contributed by atoms with Gasteiger partial charge in [-0.3, -0.25) is 4.79 Å². The number of carbonyl (C=O) groups is 1. The van der Waals surface area contributed by atoms with Gasteiger partial charge in [-0.15, -0.1) is 0 Å². The first kappa shape index (κ1) is 20.0. The highest BCUT2D eigenvalue weighted by Crippen LogP contribution is 2.36. The van der Waals surface area contributed by atoms with Crippen molar-refractivity contribution in [3.63, 3.8) is 0 Å². The fraction of sp³-hybridized carbons (Fsp3) is 0.353. The summed E-state index contributed by atoms with van der Waals surface area (Å²) in [4.78, 5) is 20.3. The van der Waals surface area contributed by atoms with E-state index in [9.17, 15) is 18.0 Å². The Morgan fingerprint density at radius 1 is 1.27 bits per heavy atom. The number of rotatable bonds is 6. The van der Waals surface area contributed by atoms with Crippen LogP contribution in [0.2, 0.25) is 5.02 Å². The predicted octanol–water partition coefficient (Wildman–Crippen LogP) is 4.86. The van der Waals surface area contributed by atoms with E-state index < -0.39 is 17.6 Å². The van der Waals surface area contributed by atoms with E-state index in [-0.39, 0.29) is 22.4 Å². The van der Waals surface area contributed by atoms with Crippen LogP contribution < -0.4 is 10.6 Å². The summed E-state index contributed by atoms with van der Waals surface area (Å²) in [5.74, 6) is -0.0442. The first-order valence-electron chi connectivity index (χ1n) is 7.92. The van der Waals surface area contributed by atoms with Crippen LogP contribution in [-0.4, -0.2) is 22.4 Å². The van der Waals surface area contributed by atoms with Gasteiger partial charge in [0.25, 0.3) is 5.91 Å². The van der Waals surface area contributed by atoms with E-state index in [1.54, 1.807) is 0 Å². The molecule has 0 radical (unpaired) electrons. The van der Waals surface area contributed by atoms with Crippen molar-refractivity contribution in [2.45, 2.75) is 26.4 Å². The lowest BCUT2D eigenvalue weighted by atomic mass is 10.1. The molecule has 0 saturated heterocycles. The molecule has 0 aliphatic carbocycles.